The van der Waals surface area contributed by atoms with E-state index < -0.39 is 0 Å². The highest BCUT2D eigenvalue weighted by atomic mass is 15.2. The first-order valence-corrected chi connectivity index (χ1v) is 7.10. The molecule has 1 unspecified atom stereocenters. The van der Waals surface area contributed by atoms with E-state index in [0.29, 0.717) is 5.54 Å². The second kappa shape index (κ2) is 9.00. The van der Waals surface area contributed by atoms with E-state index in [1.165, 1.54) is 38.8 Å². The summed E-state index contributed by atoms with van der Waals surface area (Å²) in [5.41, 5.74) is 0.335. The third kappa shape index (κ3) is 5.31. The Morgan fingerprint density at radius 3 is 1.88 bits per heavy atom. The molecule has 0 bridgehead atoms. The van der Waals surface area contributed by atoms with E-state index in [4.69, 9.17) is 0 Å². The van der Waals surface area contributed by atoms with Gasteiger partial charge in [0, 0.05) is 12.1 Å². The summed E-state index contributed by atoms with van der Waals surface area (Å²) in [6.07, 6.45) is 4.96. The lowest BCUT2D eigenvalue weighted by atomic mass is 9.95. The summed E-state index contributed by atoms with van der Waals surface area (Å²) in [6.45, 7) is 16.2. The van der Waals surface area contributed by atoms with Gasteiger partial charge in [0.2, 0.25) is 0 Å². The van der Waals surface area contributed by atoms with Gasteiger partial charge in [-0.05, 0) is 52.2 Å². The molecule has 0 aromatic rings. The highest BCUT2D eigenvalue weighted by Gasteiger charge is 2.28. The van der Waals surface area contributed by atoms with E-state index in [-0.39, 0.29) is 0 Å². The molecule has 16 heavy (non-hydrogen) atoms. The van der Waals surface area contributed by atoms with Crippen LogP contribution in [0.15, 0.2) is 0 Å². The van der Waals surface area contributed by atoms with E-state index in [9.17, 15) is 0 Å². The molecule has 0 radical (unpaired) electrons. The number of nitrogens with zero attached hydrogens (tertiary/aromatic N) is 1. The molecule has 0 aromatic heterocycles. The Labute approximate surface area is 103 Å². The topological polar surface area (TPSA) is 15.3 Å². The minimum atomic E-state index is 0.335. The van der Waals surface area contributed by atoms with Crippen LogP contribution in [0.3, 0.4) is 0 Å². The Morgan fingerprint density at radius 2 is 1.50 bits per heavy atom. The van der Waals surface area contributed by atoms with Gasteiger partial charge in [0.05, 0.1) is 0 Å². The van der Waals surface area contributed by atoms with Gasteiger partial charge in [-0.15, -0.1) is 0 Å². The van der Waals surface area contributed by atoms with Crippen LogP contribution < -0.4 is 5.32 Å². The monoisotopic (exact) mass is 228 g/mol. The summed E-state index contributed by atoms with van der Waals surface area (Å²) in [4.78, 5) is 2.66. The molecular formula is C14H32N2. The van der Waals surface area contributed by atoms with Gasteiger partial charge in [-0.3, -0.25) is 4.90 Å². The second-order valence-corrected chi connectivity index (χ2v) is 5.01. The lowest BCUT2D eigenvalue weighted by Crippen LogP contribution is -2.53. The Bertz CT molecular complexity index is 153. The van der Waals surface area contributed by atoms with Gasteiger partial charge >= 0.3 is 0 Å². The quantitative estimate of drug-likeness (QED) is 0.577. The minimum Gasteiger partial charge on any atom is -0.315 e. The molecule has 1 atom stereocenters. The van der Waals surface area contributed by atoms with E-state index >= 15 is 0 Å². The molecule has 0 aliphatic heterocycles. The number of nitrogens with one attached hydrogen (secondary N) is 1. The number of rotatable bonds is 10. The van der Waals surface area contributed by atoms with Gasteiger partial charge in [-0.2, -0.15) is 0 Å². The van der Waals surface area contributed by atoms with Crippen LogP contribution in [-0.2, 0) is 0 Å². The molecule has 0 aliphatic rings. The van der Waals surface area contributed by atoms with Gasteiger partial charge in [-0.25, -0.2) is 0 Å². The van der Waals surface area contributed by atoms with E-state index in [1.54, 1.807) is 0 Å². The molecular weight excluding hydrogens is 196 g/mol. The van der Waals surface area contributed by atoms with Crippen molar-refractivity contribution in [1.29, 1.82) is 0 Å². The second-order valence-electron chi connectivity index (χ2n) is 5.01. The molecule has 0 aliphatic carbocycles. The highest BCUT2D eigenvalue weighted by molar-refractivity contribution is 4.87. The third-order valence-electron chi connectivity index (χ3n) is 3.44. The van der Waals surface area contributed by atoms with Crippen molar-refractivity contribution in [3.63, 3.8) is 0 Å². The van der Waals surface area contributed by atoms with Gasteiger partial charge in [0.1, 0.15) is 0 Å². The molecule has 0 rings (SSSR count). The molecule has 2 heteroatoms. The first kappa shape index (κ1) is 15.9. The predicted molar refractivity (Wildman–Crippen MR) is 74.0 cm³/mol. The average molecular weight is 228 g/mol. The Kier molecular flexibility index (Phi) is 8.96. The normalized spacial score (nSPS) is 15.4. The standard InChI is InChI=1S/C14H32N2/c1-6-10-15-13-14(5,9-4)16(11-7-2)12-8-3/h15H,6-13H2,1-5H3. The fourth-order valence-corrected chi connectivity index (χ4v) is 2.19. The van der Waals surface area contributed by atoms with Crippen LogP contribution >= 0.6 is 0 Å². The summed E-state index contributed by atoms with van der Waals surface area (Å²) < 4.78 is 0. The summed E-state index contributed by atoms with van der Waals surface area (Å²) in [5.74, 6) is 0. The SMILES string of the molecule is CCCNCC(C)(CC)N(CCC)CCC. The van der Waals surface area contributed by atoms with Crippen molar-refractivity contribution < 1.29 is 0 Å². The molecule has 0 aromatic carbocycles. The Hall–Kier alpha value is -0.0800. The van der Waals surface area contributed by atoms with Gasteiger partial charge < -0.3 is 5.32 Å². The molecule has 0 saturated carbocycles. The van der Waals surface area contributed by atoms with Crippen molar-refractivity contribution in [2.75, 3.05) is 26.2 Å². The predicted octanol–water partition coefficient (Wildman–Crippen LogP) is 3.28. The number of hydrogen-bond acceptors (Lipinski definition) is 2. The Morgan fingerprint density at radius 1 is 0.938 bits per heavy atom. The fraction of sp³-hybridized carbons (Fsp3) is 1.00. The van der Waals surface area contributed by atoms with Gasteiger partial charge in [0.25, 0.3) is 0 Å². The molecule has 1 N–H and O–H groups in total. The maximum atomic E-state index is 3.58. The van der Waals surface area contributed by atoms with Crippen LogP contribution in [0.5, 0.6) is 0 Å². The highest BCUT2D eigenvalue weighted by Crippen LogP contribution is 2.19. The molecule has 0 spiro atoms. The Balaban J connectivity index is 4.33. The maximum absolute atomic E-state index is 3.58. The fourth-order valence-electron chi connectivity index (χ4n) is 2.19. The summed E-state index contributed by atoms with van der Waals surface area (Å²) in [7, 11) is 0. The largest absolute Gasteiger partial charge is 0.315 e. The first-order valence-electron chi connectivity index (χ1n) is 7.10. The van der Waals surface area contributed by atoms with Crippen LogP contribution in [0.25, 0.3) is 0 Å². The van der Waals surface area contributed by atoms with E-state index in [0.717, 1.165) is 13.1 Å². The lowest BCUT2D eigenvalue weighted by Gasteiger charge is -2.41. The number of hydrogen-bond donors (Lipinski definition) is 1. The molecule has 0 heterocycles. The minimum absolute atomic E-state index is 0.335. The first-order chi connectivity index (χ1) is 7.64. The van der Waals surface area contributed by atoms with Crippen molar-refractivity contribution in [2.45, 2.75) is 65.8 Å². The van der Waals surface area contributed by atoms with E-state index in [2.05, 4.69) is 44.8 Å². The molecule has 2 nitrogen and oxygen atoms in total. The van der Waals surface area contributed by atoms with Crippen LogP contribution in [0, 0.1) is 0 Å². The maximum Gasteiger partial charge on any atom is 0.0303 e. The summed E-state index contributed by atoms with van der Waals surface area (Å²) >= 11 is 0. The van der Waals surface area contributed by atoms with Crippen LogP contribution in [0.4, 0.5) is 0 Å². The molecule has 98 valence electrons. The third-order valence-corrected chi connectivity index (χ3v) is 3.44. The van der Waals surface area contributed by atoms with Gasteiger partial charge in [0.15, 0.2) is 0 Å². The van der Waals surface area contributed by atoms with Crippen LogP contribution in [0.1, 0.15) is 60.3 Å². The lowest BCUT2D eigenvalue weighted by molar-refractivity contribution is 0.0971. The van der Waals surface area contributed by atoms with Crippen molar-refractivity contribution in [1.82, 2.24) is 10.2 Å². The van der Waals surface area contributed by atoms with Crippen LogP contribution in [-0.4, -0.2) is 36.6 Å². The smallest absolute Gasteiger partial charge is 0.0303 e. The van der Waals surface area contributed by atoms with Gasteiger partial charge in [-0.1, -0.05) is 27.7 Å². The summed E-state index contributed by atoms with van der Waals surface area (Å²) in [6, 6.07) is 0. The zero-order valence-corrected chi connectivity index (χ0v) is 12.1. The van der Waals surface area contributed by atoms with Crippen LogP contribution in [0.2, 0.25) is 0 Å². The zero-order valence-electron chi connectivity index (χ0n) is 12.1. The van der Waals surface area contributed by atoms with Crippen molar-refractivity contribution in [3.05, 3.63) is 0 Å². The molecule has 0 amide bonds. The van der Waals surface area contributed by atoms with Crippen molar-refractivity contribution >= 4 is 0 Å². The van der Waals surface area contributed by atoms with E-state index in [1.807, 2.05) is 0 Å². The molecule has 0 saturated heterocycles. The molecule has 0 fully saturated rings. The average Bonchev–Trinajstić information content (AvgIpc) is 2.29. The zero-order chi connectivity index (χ0) is 12.4. The van der Waals surface area contributed by atoms with Crippen molar-refractivity contribution in [2.24, 2.45) is 0 Å². The summed E-state index contributed by atoms with van der Waals surface area (Å²) in [5, 5.41) is 3.58. The van der Waals surface area contributed by atoms with Crippen molar-refractivity contribution in [3.8, 4) is 0 Å².